The zero-order valence-electron chi connectivity index (χ0n) is 11.8. The van der Waals surface area contributed by atoms with Gasteiger partial charge in [-0.15, -0.1) is 11.3 Å². The van der Waals surface area contributed by atoms with E-state index in [1.807, 2.05) is 41.2 Å². The molecule has 1 N–H and O–H groups in total. The van der Waals surface area contributed by atoms with Gasteiger partial charge >= 0.3 is 0 Å². The summed E-state index contributed by atoms with van der Waals surface area (Å²) in [5.74, 6) is 0.851. The molecule has 0 aliphatic rings. The highest BCUT2D eigenvalue weighted by Crippen LogP contribution is 2.14. The molecule has 0 saturated heterocycles. The molecule has 21 heavy (non-hydrogen) atoms. The van der Waals surface area contributed by atoms with Gasteiger partial charge in [0.05, 0.1) is 18.5 Å². The molecule has 4 nitrogen and oxygen atoms in total. The number of rotatable bonds is 6. The molecule has 0 aliphatic heterocycles. The number of thiophene rings is 1. The van der Waals surface area contributed by atoms with Gasteiger partial charge in [-0.25, -0.2) is 4.68 Å². The Labute approximate surface area is 128 Å². The number of hydrogen-bond acceptors (Lipinski definition) is 4. The van der Waals surface area contributed by atoms with Crippen molar-refractivity contribution in [1.82, 2.24) is 15.1 Å². The van der Waals surface area contributed by atoms with Crippen LogP contribution in [-0.2, 0) is 13.1 Å². The van der Waals surface area contributed by atoms with Crippen LogP contribution in [0, 0.1) is 0 Å². The van der Waals surface area contributed by atoms with Crippen LogP contribution < -0.4 is 10.1 Å². The van der Waals surface area contributed by atoms with Crippen molar-refractivity contribution >= 4 is 11.3 Å². The van der Waals surface area contributed by atoms with Gasteiger partial charge in [0.15, 0.2) is 0 Å². The van der Waals surface area contributed by atoms with Crippen molar-refractivity contribution < 1.29 is 4.74 Å². The molecule has 0 spiro atoms. The van der Waals surface area contributed by atoms with Gasteiger partial charge in [-0.2, -0.15) is 5.10 Å². The predicted octanol–water partition coefficient (Wildman–Crippen LogP) is 3.23. The minimum atomic E-state index is 0.765. The second-order valence-corrected chi connectivity index (χ2v) is 5.66. The largest absolute Gasteiger partial charge is 0.497 e. The summed E-state index contributed by atoms with van der Waals surface area (Å²) in [6.07, 6.45) is 1.98. The summed E-state index contributed by atoms with van der Waals surface area (Å²) in [6.45, 7) is 1.65. The average Bonchev–Trinajstić information content (AvgIpc) is 3.19. The van der Waals surface area contributed by atoms with E-state index in [1.54, 1.807) is 18.4 Å². The van der Waals surface area contributed by atoms with Crippen molar-refractivity contribution in [2.24, 2.45) is 0 Å². The highest BCUT2D eigenvalue weighted by molar-refractivity contribution is 7.09. The molecule has 0 fully saturated rings. The van der Waals surface area contributed by atoms with Crippen LogP contribution in [0.1, 0.15) is 10.6 Å². The maximum atomic E-state index is 5.16. The maximum Gasteiger partial charge on any atom is 0.119 e. The SMILES string of the molecule is COc1ccc(-n2ccc(CNCc3cccs3)n2)cc1. The van der Waals surface area contributed by atoms with Crippen molar-refractivity contribution in [3.05, 3.63) is 64.6 Å². The van der Waals surface area contributed by atoms with Gasteiger partial charge in [0.2, 0.25) is 0 Å². The monoisotopic (exact) mass is 299 g/mol. The minimum Gasteiger partial charge on any atom is -0.497 e. The third-order valence-electron chi connectivity index (χ3n) is 3.17. The van der Waals surface area contributed by atoms with Crippen LogP contribution in [0.3, 0.4) is 0 Å². The van der Waals surface area contributed by atoms with Crippen molar-refractivity contribution in [2.45, 2.75) is 13.1 Å². The highest BCUT2D eigenvalue weighted by atomic mass is 32.1. The molecule has 108 valence electrons. The lowest BCUT2D eigenvalue weighted by Crippen LogP contribution is -2.12. The predicted molar refractivity (Wildman–Crippen MR) is 85.0 cm³/mol. The van der Waals surface area contributed by atoms with Crippen molar-refractivity contribution in [3.8, 4) is 11.4 Å². The van der Waals surface area contributed by atoms with Gasteiger partial charge < -0.3 is 10.1 Å². The molecule has 3 aromatic rings. The first-order valence-corrected chi connectivity index (χ1v) is 7.65. The van der Waals surface area contributed by atoms with E-state index in [0.717, 1.165) is 30.2 Å². The summed E-state index contributed by atoms with van der Waals surface area (Å²) in [6, 6.07) is 14.1. The molecule has 0 amide bonds. The Balaban J connectivity index is 1.60. The molecule has 0 bridgehead atoms. The van der Waals surface area contributed by atoms with Gasteiger partial charge in [-0.3, -0.25) is 0 Å². The van der Waals surface area contributed by atoms with Gasteiger partial charge in [-0.1, -0.05) is 6.07 Å². The van der Waals surface area contributed by atoms with E-state index in [9.17, 15) is 0 Å². The molecule has 3 rings (SSSR count). The van der Waals surface area contributed by atoms with Crippen LogP contribution in [-0.4, -0.2) is 16.9 Å². The number of ether oxygens (including phenoxy) is 1. The first-order valence-electron chi connectivity index (χ1n) is 6.77. The second-order valence-electron chi connectivity index (χ2n) is 4.63. The van der Waals surface area contributed by atoms with E-state index in [-0.39, 0.29) is 0 Å². The molecule has 0 aliphatic carbocycles. The van der Waals surface area contributed by atoms with Gasteiger partial charge in [-0.05, 0) is 41.8 Å². The van der Waals surface area contributed by atoms with Crippen molar-refractivity contribution in [3.63, 3.8) is 0 Å². The number of nitrogens with one attached hydrogen (secondary N) is 1. The smallest absolute Gasteiger partial charge is 0.119 e. The lowest BCUT2D eigenvalue weighted by molar-refractivity contribution is 0.414. The van der Waals surface area contributed by atoms with Gasteiger partial charge in [0.1, 0.15) is 5.75 Å². The van der Waals surface area contributed by atoms with Crippen LogP contribution in [0.15, 0.2) is 54.0 Å². The number of benzene rings is 1. The van der Waals surface area contributed by atoms with Gasteiger partial charge in [0.25, 0.3) is 0 Å². The summed E-state index contributed by atoms with van der Waals surface area (Å²) in [7, 11) is 1.67. The molecule has 0 atom stereocenters. The van der Waals surface area contributed by atoms with E-state index >= 15 is 0 Å². The number of aromatic nitrogens is 2. The Bertz CT molecular complexity index is 674. The Morgan fingerprint density at radius 2 is 2.00 bits per heavy atom. The zero-order valence-corrected chi connectivity index (χ0v) is 12.6. The first kappa shape index (κ1) is 13.9. The summed E-state index contributed by atoms with van der Waals surface area (Å²) in [5.41, 5.74) is 2.06. The fourth-order valence-electron chi connectivity index (χ4n) is 2.06. The molecule has 1 aromatic carbocycles. The summed E-state index contributed by atoms with van der Waals surface area (Å²) in [4.78, 5) is 1.34. The summed E-state index contributed by atoms with van der Waals surface area (Å²) >= 11 is 1.76. The van der Waals surface area contributed by atoms with Crippen LogP contribution in [0.2, 0.25) is 0 Å². The second kappa shape index (κ2) is 6.56. The molecule has 2 heterocycles. The third kappa shape index (κ3) is 3.51. The Morgan fingerprint density at radius 1 is 1.14 bits per heavy atom. The van der Waals surface area contributed by atoms with Crippen molar-refractivity contribution in [1.29, 1.82) is 0 Å². The lowest BCUT2D eigenvalue weighted by atomic mass is 10.3. The average molecular weight is 299 g/mol. The summed E-state index contributed by atoms with van der Waals surface area (Å²) < 4.78 is 7.04. The summed E-state index contributed by atoms with van der Waals surface area (Å²) in [5, 5.41) is 10.1. The Hall–Kier alpha value is -2.11. The Kier molecular flexibility index (Phi) is 4.33. The minimum absolute atomic E-state index is 0.765. The molecule has 0 saturated carbocycles. The number of hydrogen-bond donors (Lipinski definition) is 1. The van der Waals surface area contributed by atoms with E-state index in [2.05, 4.69) is 27.9 Å². The van der Waals surface area contributed by atoms with Crippen LogP contribution in [0.4, 0.5) is 0 Å². The maximum absolute atomic E-state index is 5.16. The fraction of sp³-hybridized carbons (Fsp3) is 0.188. The quantitative estimate of drug-likeness (QED) is 0.759. The molecular weight excluding hydrogens is 282 g/mol. The molecule has 0 radical (unpaired) electrons. The number of nitrogens with zero attached hydrogens (tertiary/aromatic N) is 2. The van der Waals surface area contributed by atoms with Gasteiger partial charge in [0, 0.05) is 24.2 Å². The van der Waals surface area contributed by atoms with E-state index < -0.39 is 0 Å². The van der Waals surface area contributed by atoms with E-state index in [0.29, 0.717) is 0 Å². The van der Waals surface area contributed by atoms with Crippen molar-refractivity contribution in [2.75, 3.05) is 7.11 Å². The fourth-order valence-corrected chi connectivity index (χ4v) is 2.74. The normalized spacial score (nSPS) is 10.7. The topological polar surface area (TPSA) is 39.1 Å². The Morgan fingerprint density at radius 3 is 2.71 bits per heavy atom. The molecule has 0 unspecified atom stereocenters. The number of methoxy groups -OCH3 is 1. The molecule has 5 heteroatoms. The first-order chi connectivity index (χ1) is 10.3. The molecule has 2 aromatic heterocycles. The highest BCUT2D eigenvalue weighted by Gasteiger charge is 2.02. The lowest BCUT2D eigenvalue weighted by Gasteiger charge is -2.03. The molecular formula is C16H17N3OS. The third-order valence-corrected chi connectivity index (χ3v) is 4.04. The van der Waals surface area contributed by atoms with E-state index in [1.165, 1.54) is 4.88 Å². The van der Waals surface area contributed by atoms with E-state index in [4.69, 9.17) is 4.74 Å². The zero-order chi connectivity index (χ0) is 14.5. The van der Waals surface area contributed by atoms with Crippen LogP contribution in [0.25, 0.3) is 5.69 Å². The standard InChI is InChI=1S/C16H17N3OS/c1-20-15-6-4-14(5-7-15)19-9-8-13(18-19)11-17-12-16-3-2-10-21-16/h2-10,17H,11-12H2,1H3. The van der Waals surface area contributed by atoms with Crippen LogP contribution >= 0.6 is 11.3 Å². The van der Waals surface area contributed by atoms with Crippen LogP contribution in [0.5, 0.6) is 5.75 Å².